The number of sulfone groups is 1. The van der Waals surface area contributed by atoms with Crippen molar-refractivity contribution in [3.8, 4) is 0 Å². The van der Waals surface area contributed by atoms with E-state index in [1.165, 1.54) is 0 Å². The first kappa shape index (κ1) is 32.3. The third-order valence-corrected chi connectivity index (χ3v) is 12.9. The Morgan fingerprint density at radius 2 is 1.26 bits per heavy atom. The quantitative estimate of drug-likeness (QED) is 0.223. The summed E-state index contributed by atoms with van der Waals surface area (Å²) in [5.41, 5.74) is 0. The first-order valence-corrected chi connectivity index (χ1v) is 16.1. The fraction of sp³-hybridized carbons (Fsp3) is 0.333. The molecule has 0 saturated carbocycles. The lowest BCUT2D eigenvalue weighted by Crippen LogP contribution is -2.60. The maximum Gasteiger partial charge on any atom is 0.329 e. The Morgan fingerprint density at radius 1 is 0.789 bits per heavy atom. The van der Waals surface area contributed by atoms with Crippen LogP contribution in [-0.4, -0.2) is 60.6 Å². The highest BCUT2D eigenvalue weighted by atomic mass is 35.5. The summed E-state index contributed by atoms with van der Waals surface area (Å²) < 4.78 is 181. The Kier molecular flexibility index (Phi) is 8.72. The van der Waals surface area contributed by atoms with Gasteiger partial charge >= 0.3 is 11.8 Å². The molecule has 2 N–H and O–H groups in total. The van der Waals surface area contributed by atoms with Gasteiger partial charge in [0.15, 0.2) is 9.84 Å². The number of alkyl halides is 4. The van der Waals surface area contributed by atoms with Crippen LogP contribution in [-0.2, 0) is 40.0 Å². The SMILES string of the molecule is CC(C(F)(F)C(F)(F)C(C)S(=O)(=O)c1ccc(F)cc1Cl)S(=O)(=O)NS(=O)(=O)c1ccccc1S(=O)(=O)O. The molecule has 2 aromatic rings. The lowest BCUT2D eigenvalue weighted by molar-refractivity contribution is -0.205. The predicted octanol–water partition coefficient (Wildman–Crippen LogP) is 2.86. The second-order valence-corrected chi connectivity index (χ2v) is 15.6. The molecule has 2 unspecified atom stereocenters. The van der Waals surface area contributed by atoms with Crippen LogP contribution in [0.2, 0.25) is 5.02 Å². The average Bonchev–Trinajstić information content (AvgIpc) is 2.76. The Balaban J connectivity index is 2.52. The summed E-state index contributed by atoms with van der Waals surface area (Å²) in [4.78, 5) is -3.94. The summed E-state index contributed by atoms with van der Waals surface area (Å²) in [5, 5.41) is -7.94. The summed E-state index contributed by atoms with van der Waals surface area (Å²) in [5.74, 6) is -12.6. The molecule has 2 aromatic carbocycles. The smallest absolute Gasteiger partial charge is 0.282 e. The largest absolute Gasteiger partial charge is 0.329 e. The standard InChI is InChI=1S/C18H17ClF5NO9S4/c1-10(35(26,27)14-8-7-12(20)9-13(14)19)17(21,22)18(23,24)11(2)36(28,29)25-37(30,31)15-5-3-4-6-16(15)38(32,33)34/h3-11,25H,1-2H3,(H,32,33,34). The fourth-order valence-electron chi connectivity index (χ4n) is 2.98. The zero-order chi connectivity index (χ0) is 29.7. The Morgan fingerprint density at radius 3 is 1.74 bits per heavy atom. The molecule has 0 aliphatic rings. The number of benzene rings is 2. The van der Waals surface area contributed by atoms with Gasteiger partial charge in [0.1, 0.15) is 26.1 Å². The van der Waals surface area contributed by atoms with Gasteiger partial charge in [-0.2, -0.15) is 26.0 Å². The van der Waals surface area contributed by atoms with Crippen LogP contribution in [0.5, 0.6) is 0 Å². The van der Waals surface area contributed by atoms with Gasteiger partial charge in [-0.15, -0.1) is 4.13 Å². The highest BCUT2D eigenvalue weighted by Gasteiger charge is 2.68. The molecule has 0 aliphatic heterocycles. The van der Waals surface area contributed by atoms with Crippen molar-refractivity contribution >= 4 is 51.6 Å². The van der Waals surface area contributed by atoms with Crippen molar-refractivity contribution in [3.63, 3.8) is 0 Å². The van der Waals surface area contributed by atoms with Crippen LogP contribution in [0.1, 0.15) is 13.8 Å². The molecule has 20 heteroatoms. The highest BCUT2D eigenvalue weighted by molar-refractivity contribution is 8.05. The zero-order valence-electron chi connectivity index (χ0n) is 18.8. The number of rotatable bonds is 10. The number of halogens is 6. The van der Waals surface area contributed by atoms with Crippen LogP contribution < -0.4 is 4.13 Å². The molecule has 0 heterocycles. The molecule has 2 rings (SSSR count). The summed E-state index contributed by atoms with van der Waals surface area (Å²) >= 11 is 5.55. The second-order valence-electron chi connectivity index (χ2n) is 7.70. The molecule has 214 valence electrons. The van der Waals surface area contributed by atoms with Gasteiger partial charge in [-0.1, -0.05) is 23.7 Å². The molecule has 0 aromatic heterocycles. The van der Waals surface area contributed by atoms with Crippen LogP contribution in [0, 0.1) is 5.82 Å². The van der Waals surface area contributed by atoms with Gasteiger partial charge in [-0.3, -0.25) is 4.55 Å². The van der Waals surface area contributed by atoms with Gasteiger partial charge in [0, 0.05) is 0 Å². The van der Waals surface area contributed by atoms with E-state index >= 15 is 0 Å². The van der Waals surface area contributed by atoms with Crippen molar-refractivity contribution in [3.05, 3.63) is 53.3 Å². The number of sulfonamides is 2. The minimum atomic E-state index is -6.04. The normalized spacial score (nSPS) is 15.7. The summed E-state index contributed by atoms with van der Waals surface area (Å²) in [7, 11) is -22.4. The van der Waals surface area contributed by atoms with E-state index in [0.29, 0.717) is 34.5 Å². The van der Waals surface area contributed by atoms with E-state index in [1.54, 1.807) is 0 Å². The van der Waals surface area contributed by atoms with Gasteiger partial charge in [0.25, 0.3) is 20.1 Å². The first-order valence-electron chi connectivity index (χ1n) is 9.69. The lowest BCUT2D eigenvalue weighted by atomic mass is 10.1. The molecule has 0 spiro atoms. The molecule has 0 bridgehead atoms. The molecular formula is C18H17ClF5NO9S4. The third-order valence-electron chi connectivity index (χ3n) is 5.24. The Labute approximate surface area is 219 Å². The Bertz CT molecular complexity index is 1680. The van der Waals surface area contributed by atoms with Crippen LogP contribution in [0.25, 0.3) is 0 Å². The van der Waals surface area contributed by atoms with Crippen molar-refractivity contribution in [2.75, 3.05) is 0 Å². The molecular weight excluding hydrogens is 633 g/mol. The minimum Gasteiger partial charge on any atom is -0.282 e. The number of hydrogen-bond donors (Lipinski definition) is 2. The molecule has 0 fully saturated rings. The molecule has 0 aliphatic carbocycles. The lowest BCUT2D eigenvalue weighted by Gasteiger charge is -2.34. The number of hydrogen-bond acceptors (Lipinski definition) is 8. The van der Waals surface area contributed by atoms with E-state index < -0.39 is 87.9 Å². The van der Waals surface area contributed by atoms with E-state index in [9.17, 15) is 55.6 Å². The van der Waals surface area contributed by atoms with Crippen LogP contribution in [0.15, 0.2) is 57.2 Å². The maximum absolute atomic E-state index is 14.9. The van der Waals surface area contributed by atoms with Crippen molar-refractivity contribution in [2.45, 2.75) is 50.9 Å². The fourth-order valence-corrected chi connectivity index (χ4v) is 9.50. The van der Waals surface area contributed by atoms with E-state index in [0.717, 1.165) is 12.1 Å². The summed E-state index contributed by atoms with van der Waals surface area (Å²) in [6, 6.07) is 4.12. The summed E-state index contributed by atoms with van der Waals surface area (Å²) in [6.07, 6.45) is 0. The highest BCUT2D eigenvalue weighted by Crippen LogP contribution is 2.45. The maximum atomic E-state index is 14.9. The van der Waals surface area contributed by atoms with Crippen LogP contribution >= 0.6 is 11.6 Å². The molecule has 38 heavy (non-hydrogen) atoms. The van der Waals surface area contributed by atoms with E-state index in [-0.39, 0.29) is 13.8 Å². The molecule has 0 radical (unpaired) electrons. The van der Waals surface area contributed by atoms with E-state index in [1.807, 2.05) is 0 Å². The Hall–Kier alpha value is -1.90. The average molecular weight is 650 g/mol. The molecule has 10 nitrogen and oxygen atoms in total. The van der Waals surface area contributed by atoms with Gasteiger partial charge in [-0.25, -0.2) is 29.6 Å². The molecule has 0 amide bonds. The van der Waals surface area contributed by atoms with Crippen molar-refractivity contribution in [1.82, 2.24) is 4.13 Å². The third kappa shape index (κ3) is 5.97. The van der Waals surface area contributed by atoms with Crippen molar-refractivity contribution in [1.29, 1.82) is 0 Å². The van der Waals surface area contributed by atoms with Gasteiger partial charge in [0.2, 0.25) is 10.0 Å². The van der Waals surface area contributed by atoms with E-state index in [2.05, 4.69) is 0 Å². The second kappa shape index (κ2) is 10.3. The van der Waals surface area contributed by atoms with Gasteiger partial charge in [-0.05, 0) is 44.2 Å². The van der Waals surface area contributed by atoms with Gasteiger partial charge in [0.05, 0.1) is 9.92 Å². The first-order chi connectivity index (χ1) is 16.9. The number of nitrogens with one attached hydrogen (secondary N) is 1. The van der Waals surface area contributed by atoms with Crippen molar-refractivity contribution in [2.24, 2.45) is 0 Å². The van der Waals surface area contributed by atoms with Crippen molar-refractivity contribution < 1.29 is 60.2 Å². The molecule has 0 saturated heterocycles. The zero-order valence-corrected chi connectivity index (χ0v) is 22.8. The van der Waals surface area contributed by atoms with Crippen LogP contribution in [0.3, 0.4) is 0 Å². The van der Waals surface area contributed by atoms with Gasteiger partial charge < -0.3 is 0 Å². The topological polar surface area (TPSA) is 169 Å². The summed E-state index contributed by atoms with van der Waals surface area (Å²) in [6.45, 7) is 0.0550. The predicted molar refractivity (Wildman–Crippen MR) is 123 cm³/mol. The monoisotopic (exact) mass is 649 g/mol. The van der Waals surface area contributed by atoms with E-state index in [4.69, 9.17) is 16.2 Å². The van der Waals surface area contributed by atoms with Crippen LogP contribution in [0.4, 0.5) is 22.0 Å². The minimum absolute atomic E-state index is 0.0509. The molecule has 2 atom stereocenters.